The summed E-state index contributed by atoms with van der Waals surface area (Å²) in [5.41, 5.74) is 0.953. The van der Waals surface area contributed by atoms with E-state index >= 15 is 0 Å². The van der Waals surface area contributed by atoms with Crippen LogP contribution in [0.15, 0.2) is 36.4 Å². The standard InChI is InChI=1S/C24H26O5S/c1-15-12-21-19(13-20(15)27-2)22(23(30-21)24(25)26)29-18-10-8-17(9-11-18)28-14-16-6-4-3-5-7-16/h8-13,16H,3-7,14H2,1-2H3,(H,25,26). The number of fused-ring (bicyclic) bond motifs is 1. The van der Waals surface area contributed by atoms with Crippen LogP contribution >= 0.6 is 11.3 Å². The van der Waals surface area contributed by atoms with E-state index in [9.17, 15) is 9.90 Å². The lowest BCUT2D eigenvalue weighted by Gasteiger charge is -2.21. The number of hydrogen-bond donors (Lipinski definition) is 1. The van der Waals surface area contributed by atoms with Crippen LogP contribution < -0.4 is 14.2 Å². The predicted octanol–water partition coefficient (Wildman–Crippen LogP) is 6.67. The molecule has 0 radical (unpaired) electrons. The van der Waals surface area contributed by atoms with Crippen LogP contribution in [0.4, 0.5) is 0 Å². The van der Waals surface area contributed by atoms with Crippen molar-refractivity contribution in [3.05, 3.63) is 46.8 Å². The maximum Gasteiger partial charge on any atom is 0.349 e. The van der Waals surface area contributed by atoms with E-state index in [4.69, 9.17) is 14.2 Å². The Hall–Kier alpha value is -2.73. The number of methoxy groups -OCH3 is 1. The molecule has 0 unspecified atom stereocenters. The summed E-state index contributed by atoms with van der Waals surface area (Å²) in [5.74, 6) is 2.06. The average molecular weight is 427 g/mol. The van der Waals surface area contributed by atoms with Gasteiger partial charge in [0.25, 0.3) is 0 Å². The number of carboxylic acid groups (broad SMARTS) is 1. The molecule has 0 bridgehead atoms. The molecule has 1 aliphatic carbocycles. The molecule has 0 saturated heterocycles. The van der Waals surface area contributed by atoms with Gasteiger partial charge in [-0.1, -0.05) is 19.3 Å². The Bertz CT molecular complexity index is 1030. The van der Waals surface area contributed by atoms with Crippen molar-refractivity contribution in [3.8, 4) is 23.0 Å². The van der Waals surface area contributed by atoms with Gasteiger partial charge in [0.1, 0.15) is 17.2 Å². The number of carboxylic acids is 1. The van der Waals surface area contributed by atoms with Crippen LogP contribution in [-0.4, -0.2) is 24.8 Å². The first kappa shape index (κ1) is 20.5. The number of benzene rings is 2. The smallest absolute Gasteiger partial charge is 0.349 e. The van der Waals surface area contributed by atoms with Gasteiger partial charge in [0.2, 0.25) is 0 Å². The molecular formula is C24H26O5S. The first-order valence-electron chi connectivity index (χ1n) is 10.3. The van der Waals surface area contributed by atoms with Crippen molar-refractivity contribution in [2.45, 2.75) is 39.0 Å². The Balaban J connectivity index is 1.54. The van der Waals surface area contributed by atoms with Crippen LogP contribution in [-0.2, 0) is 0 Å². The van der Waals surface area contributed by atoms with E-state index in [1.807, 2.05) is 43.3 Å². The Morgan fingerprint density at radius 1 is 1.10 bits per heavy atom. The fraction of sp³-hybridized carbons (Fsp3) is 0.375. The molecule has 0 amide bonds. The first-order chi connectivity index (χ1) is 14.5. The molecule has 4 rings (SSSR count). The van der Waals surface area contributed by atoms with E-state index in [2.05, 4.69) is 0 Å². The van der Waals surface area contributed by atoms with Gasteiger partial charge in [-0.25, -0.2) is 4.79 Å². The number of rotatable bonds is 7. The lowest BCUT2D eigenvalue weighted by atomic mass is 9.90. The van der Waals surface area contributed by atoms with Gasteiger partial charge in [0.05, 0.1) is 13.7 Å². The molecule has 0 atom stereocenters. The Morgan fingerprint density at radius 3 is 2.47 bits per heavy atom. The Morgan fingerprint density at radius 2 is 1.80 bits per heavy atom. The summed E-state index contributed by atoms with van der Waals surface area (Å²) in [6.07, 6.45) is 6.42. The minimum absolute atomic E-state index is 0.176. The summed E-state index contributed by atoms with van der Waals surface area (Å²) in [7, 11) is 1.60. The summed E-state index contributed by atoms with van der Waals surface area (Å²) in [6, 6.07) is 11.1. The first-order valence-corrected chi connectivity index (χ1v) is 11.1. The molecule has 1 N–H and O–H groups in total. The SMILES string of the molecule is COc1cc2c(Oc3ccc(OCC4CCCCC4)cc3)c(C(=O)O)sc2cc1C. The number of thiophene rings is 1. The lowest BCUT2D eigenvalue weighted by Crippen LogP contribution is -2.15. The van der Waals surface area contributed by atoms with Gasteiger partial charge in [-0.2, -0.15) is 0 Å². The van der Waals surface area contributed by atoms with Crippen LogP contribution in [0.5, 0.6) is 23.0 Å². The van der Waals surface area contributed by atoms with Crippen molar-refractivity contribution in [1.82, 2.24) is 0 Å². The van der Waals surface area contributed by atoms with Crippen LogP contribution in [0.1, 0.15) is 47.3 Å². The Kier molecular flexibility index (Phi) is 6.13. The molecule has 2 aromatic carbocycles. The molecule has 1 aromatic heterocycles. The van der Waals surface area contributed by atoms with Crippen molar-refractivity contribution in [2.24, 2.45) is 5.92 Å². The van der Waals surface area contributed by atoms with E-state index < -0.39 is 5.97 Å². The summed E-state index contributed by atoms with van der Waals surface area (Å²) in [6.45, 7) is 2.68. The fourth-order valence-electron chi connectivity index (χ4n) is 3.95. The third-order valence-corrected chi connectivity index (χ3v) is 6.73. The second-order valence-electron chi connectivity index (χ2n) is 7.77. The van der Waals surface area contributed by atoms with Crippen molar-refractivity contribution >= 4 is 27.4 Å². The molecule has 5 nitrogen and oxygen atoms in total. The second kappa shape index (κ2) is 8.96. The van der Waals surface area contributed by atoms with Crippen molar-refractivity contribution in [2.75, 3.05) is 13.7 Å². The van der Waals surface area contributed by atoms with Crippen molar-refractivity contribution < 1.29 is 24.1 Å². The van der Waals surface area contributed by atoms with Gasteiger partial charge in [0.15, 0.2) is 10.6 Å². The molecule has 1 heterocycles. The maximum atomic E-state index is 11.8. The van der Waals surface area contributed by atoms with Crippen LogP contribution in [0.3, 0.4) is 0 Å². The summed E-state index contributed by atoms with van der Waals surface area (Å²) < 4.78 is 18.2. The predicted molar refractivity (Wildman–Crippen MR) is 119 cm³/mol. The number of aryl methyl sites for hydroxylation is 1. The number of carbonyl (C=O) groups is 1. The maximum absolute atomic E-state index is 11.8. The molecule has 0 aliphatic heterocycles. The highest BCUT2D eigenvalue weighted by Gasteiger charge is 2.21. The number of hydrogen-bond acceptors (Lipinski definition) is 5. The molecule has 158 valence electrons. The van der Waals surface area contributed by atoms with E-state index in [-0.39, 0.29) is 4.88 Å². The van der Waals surface area contributed by atoms with Gasteiger partial charge in [-0.3, -0.25) is 0 Å². The van der Waals surface area contributed by atoms with Gasteiger partial charge >= 0.3 is 5.97 Å². The lowest BCUT2D eigenvalue weighted by molar-refractivity contribution is 0.0700. The van der Waals surface area contributed by atoms with Gasteiger partial charge in [-0.05, 0) is 67.6 Å². The summed E-state index contributed by atoms with van der Waals surface area (Å²) >= 11 is 1.21. The largest absolute Gasteiger partial charge is 0.496 e. The molecule has 6 heteroatoms. The summed E-state index contributed by atoms with van der Waals surface area (Å²) in [4.78, 5) is 12.0. The minimum Gasteiger partial charge on any atom is -0.496 e. The van der Waals surface area contributed by atoms with Gasteiger partial charge in [-0.15, -0.1) is 11.3 Å². The second-order valence-corrected chi connectivity index (χ2v) is 8.82. The van der Waals surface area contributed by atoms with Crippen LogP contribution in [0.25, 0.3) is 10.1 Å². The molecule has 1 fully saturated rings. The monoisotopic (exact) mass is 426 g/mol. The molecule has 0 spiro atoms. The molecule has 1 aliphatic rings. The molecular weight excluding hydrogens is 400 g/mol. The van der Waals surface area contributed by atoms with Crippen LogP contribution in [0.2, 0.25) is 0 Å². The van der Waals surface area contributed by atoms with E-state index in [0.29, 0.717) is 23.2 Å². The highest BCUT2D eigenvalue weighted by molar-refractivity contribution is 7.21. The normalized spacial score (nSPS) is 14.6. The van der Waals surface area contributed by atoms with Gasteiger partial charge < -0.3 is 19.3 Å². The van der Waals surface area contributed by atoms with E-state index in [1.165, 1.54) is 43.4 Å². The zero-order valence-electron chi connectivity index (χ0n) is 17.3. The molecule has 30 heavy (non-hydrogen) atoms. The average Bonchev–Trinajstić information content (AvgIpc) is 3.10. The highest BCUT2D eigenvalue weighted by Crippen LogP contribution is 2.43. The van der Waals surface area contributed by atoms with Crippen molar-refractivity contribution in [3.63, 3.8) is 0 Å². The summed E-state index contributed by atoms with van der Waals surface area (Å²) in [5, 5.41) is 10.4. The third kappa shape index (κ3) is 4.38. The zero-order valence-corrected chi connectivity index (χ0v) is 18.1. The quantitative estimate of drug-likeness (QED) is 0.457. The zero-order chi connectivity index (χ0) is 21.1. The third-order valence-electron chi connectivity index (χ3n) is 5.61. The molecule has 1 saturated carbocycles. The van der Waals surface area contributed by atoms with Crippen LogP contribution in [0, 0.1) is 12.8 Å². The molecule has 3 aromatic rings. The van der Waals surface area contributed by atoms with E-state index in [1.54, 1.807) is 7.11 Å². The van der Waals surface area contributed by atoms with Gasteiger partial charge in [0, 0.05) is 10.1 Å². The fourth-order valence-corrected chi connectivity index (χ4v) is 5.00. The number of aromatic carboxylic acids is 1. The topological polar surface area (TPSA) is 65.0 Å². The minimum atomic E-state index is -1.00. The Labute approximate surface area is 180 Å². The number of ether oxygens (including phenoxy) is 3. The van der Waals surface area contributed by atoms with E-state index in [0.717, 1.165) is 28.0 Å². The van der Waals surface area contributed by atoms with Crippen molar-refractivity contribution in [1.29, 1.82) is 0 Å². The highest BCUT2D eigenvalue weighted by atomic mass is 32.1.